The third kappa shape index (κ3) is 16.6. The number of nitrogens with one attached hydrogen (secondary N) is 1. The molecule has 0 bridgehead atoms. The van der Waals surface area contributed by atoms with E-state index < -0.39 is 12.1 Å². The quantitative estimate of drug-likeness (QED) is 0.265. The Balaban J connectivity index is 3.89. The molecule has 0 saturated carbocycles. The highest BCUT2D eigenvalue weighted by Gasteiger charge is 2.22. The Kier molecular flexibility index (Phi) is 18.5. The number of methoxy groups -OCH3 is 1. The van der Waals surface area contributed by atoms with Gasteiger partial charge in [-0.2, -0.15) is 0 Å². The number of alkyl carbamates (subject to hydrolysis) is 1. The van der Waals surface area contributed by atoms with E-state index in [2.05, 4.69) is 12.2 Å². The number of carbonyl (C=O) groups excluding carboxylic acids is 2. The monoisotopic (exact) mass is 387 g/mol. The molecule has 0 spiro atoms. The van der Waals surface area contributed by atoms with Gasteiger partial charge in [-0.05, 0) is 12.8 Å². The zero-order chi connectivity index (χ0) is 20.2. The van der Waals surface area contributed by atoms with Gasteiger partial charge in [0.05, 0.1) is 13.2 Å². The average molecular weight is 388 g/mol. The summed E-state index contributed by atoms with van der Waals surface area (Å²) in [6, 6.07) is -0.640. The Morgan fingerprint density at radius 1 is 0.741 bits per heavy atom. The first-order valence-corrected chi connectivity index (χ1v) is 10.7. The summed E-state index contributed by atoms with van der Waals surface area (Å²) < 4.78 is 15.1. The zero-order valence-corrected chi connectivity index (χ0v) is 17.7. The van der Waals surface area contributed by atoms with Crippen molar-refractivity contribution in [1.82, 2.24) is 5.32 Å². The fourth-order valence-corrected chi connectivity index (χ4v) is 2.74. The standard InChI is InChI=1S/C21H41NO5/c1-4-6-8-9-10-11-12-13-14-16-26-20(23)19(15-7-5-2)22-21(24)27-18-17-25-3/h19H,4-18H2,1-3H3,(H,22,24). The number of hydrogen-bond acceptors (Lipinski definition) is 5. The molecule has 0 radical (unpaired) electrons. The number of esters is 1. The first kappa shape index (κ1) is 25.7. The van der Waals surface area contributed by atoms with E-state index in [-0.39, 0.29) is 12.6 Å². The fraction of sp³-hybridized carbons (Fsp3) is 0.905. The van der Waals surface area contributed by atoms with Gasteiger partial charge in [-0.15, -0.1) is 0 Å². The molecule has 0 heterocycles. The molecule has 0 aromatic rings. The minimum atomic E-state index is -0.640. The van der Waals surface area contributed by atoms with E-state index in [0.29, 0.717) is 19.6 Å². The minimum absolute atomic E-state index is 0.163. The molecular weight excluding hydrogens is 346 g/mol. The molecular formula is C21H41NO5. The Morgan fingerprint density at radius 2 is 1.33 bits per heavy atom. The lowest BCUT2D eigenvalue weighted by Crippen LogP contribution is -2.42. The van der Waals surface area contributed by atoms with Crippen molar-refractivity contribution in [1.29, 1.82) is 0 Å². The van der Waals surface area contributed by atoms with Gasteiger partial charge in [-0.25, -0.2) is 9.59 Å². The lowest BCUT2D eigenvalue weighted by molar-refractivity contribution is -0.146. The van der Waals surface area contributed by atoms with Crippen LogP contribution in [0.2, 0.25) is 0 Å². The van der Waals surface area contributed by atoms with Crippen molar-refractivity contribution in [3.63, 3.8) is 0 Å². The predicted molar refractivity (Wildman–Crippen MR) is 108 cm³/mol. The Labute approximate surface area is 165 Å². The van der Waals surface area contributed by atoms with Crippen molar-refractivity contribution in [2.45, 2.75) is 96.9 Å². The summed E-state index contributed by atoms with van der Waals surface area (Å²) >= 11 is 0. The Bertz CT molecular complexity index is 362. The molecule has 6 heteroatoms. The van der Waals surface area contributed by atoms with E-state index in [1.54, 1.807) is 0 Å². The molecule has 0 saturated heterocycles. The van der Waals surface area contributed by atoms with Crippen LogP contribution in [0.4, 0.5) is 4.79 Å². The van der Waals surface area contributed by atoms with Crippen LogP contribution in [0.3, 0.4) is 0 Å². The van der Waals surface area contributed by atoms with E-state index in [1.807, 2.05) is 6.92 Å². The number of amides is 1. The second-order valence-corrected chi connectivity index (χ2v) is 6.96. The number of rotatable bonds is 18. The smallest absolute Gasteiger partial charge is 0.407 e. The minimum Gasteiger partial charge on any atom is -0.464 e. The lowest BCUT2D eigenvalue weighted by Gasteiger charge is -2.17. The first-order chi connectivity index (χ1) is 13.2. The zero-order valence-electron chi connectivity index (χ0n) is 17.7. The van der Waals surface area contributed by atoms with E-state index >= 15 is 0 Å². The Morgan fingerprint density at radius 3 is 1.93 bits per heavy atom. The maximum atomic E-state index is 12.2. The van der Waals surface area contributed by atoms with Gasteiger partial charge in [-0.1, -0.05) is 78.1 Å². The van der Waals surface area contributed by atoms with E-state index in [9.17, 15) is 9.59 Å². The van der Waals surface area contributed by atoms with Crippen molar-refractivity contribution in [3.8, 4) is 0 Å². The van der Waals surface area contributed by atoms with Crippen LogP contribution in [0.5, 0.6) is 0 Å². The third-order valence-electron chi connectivity index (χ3n) is 4.44. The molecule has 0 aliphatic carbocycles. The molecule has 0 aromatic carbocycles. The molecule has 0 aromatic heterocycles. The highest BCUT2D eigenvalue weighted by atomic mass is 16.6. The molecule has 0 aliphatic heterocycles. The van der Waals surface area contributed by atoms with Gasteiger partial charge in [0.15, 0.2) is 0 Å². The summed E-state index contributed by atoms with van der Waals surface area (Å²) in [5.74, 6) is -0.369. The molecule has 1 amide bonds. The highest BCUT2D eigenvalue weighted by molar-refractivity contribution is 5.81. The van der Waals surface area contributed by atoms with Crippen molar-refractivity contribution >= 4 is 12.1 Å². The SMILES string of the molecule is CCCCCCCCCCCOC(=O)C(CCCC)NC(=O)OCCOC. The maximum Gasteiger partial charge on any atom is 0.407 e. The largest absolute Gasteiger partial charge is 0.464 e. The van der Waals surface area contributed by atoms with Crippen LogP contribution in [0.25, 0.3) is 0 Å². The summed E-state index contributed by atoms with van der Waals surface area (Å²) in [5.41, 5.74) is 0. The van der Waals surface area contributed by atoms with Crippen LogP contribution in [0.1, 0.15) is 90.9 Å². The summed E-state index contributed by atoms with van der Waals surface area (Å²) in [7, 11) is 1.54. The van der Waals surface area contributed by atoms with Crippen molar-refractivity contribution in [2.75, 3.05) is 26.9 Å². The van der Waals surface area contributed by atoms with Gasteiger partial charge in [0, 0.05) is 7.11 Å². The number of hydrogen-bond donors (Lipinski definition) is 1. The van der Waals surface area contributed by atoms with Gasteiger partial charge in [0.2, 0.25) is 0 Å². The molecule has 1 N–H and O–H groups in total. The summed E-state index contributed by atoms with van der Waals surface area (Å²) in [4.78, 5) is 24.0. The second kappa shape index (κ2) is 19.5. The predicted octanol–water partition coefficient (Wildman–Crippen LogP) is 4.99. The van der Waals surface area contributed by atoms with Crippen molar-refractivity contribution < 1.29 is 23.8 Å². The van der Waals surface area contributed by atoms with Crippen LogP contribution in [0.15, 0.2) is 0 Å². The van der Waals surface area contributed by atoms with E-state index in [0.717, 1.165) is 25.7 Å². The van der Waals surface area contributed by atoms with Crippen LogP contribution in [0, 0.1) is 0 Å². The molecule has 0 aliphatic rings. The highest BCUT2D eigenvalue weighted by Crippen LogP contribution is 2.10. The summed E-state index contributed by atoms with van der Waals surface area (Å²) in [6.45, 7) is 5.18. The average Bonchev–Trinajstić information content (AvgIpc) is 2.66. The van der Waals surface area contributed by atoms with Gasteiger partial charge in [-0.3, -0.25) is 0 Å². The normalized spacial score (nSPS) is 11.8. The van der Waals surface area contributed by atoms with Crippen molar-refractivity contribution in [3.05, 3.63) is 0 Å². The number of carbonyl (C=O) groups is 2. The van der Waals surface area contributed by atoms with Gasteiger partial charge < -0.3 is 19.5 Å². The van der Waals surface area contributed by atoms with Crippen LogP contribution < -0.4 is 5.32 Å². The van der Waals surface area contributed by atoms with Crippen LogP contribution >= 0.6 is 0 Å². The number of unbranched alkanes of at least 4 members (excludes halogenated alkanes) is 9. The summed E-state index contributed by atoms with van der Waals surface area (Å²) in [6.07, 6.45) is 12.7. The molecule has 160 valence electrons. The van der Waals surface area contributed by atoms with Gasteiger partial charge in [0.1, 0.15) is 12.6 Å². The summed E-state index contributed by atoms with van der Waals surface area (Å²) in [5, 5.41) is 2.60. The lowest BCUT2D eigenvalue weighted by atomic mass is 10.1. The van der Waals surface area contributed by atoms with Crippen molar-refractivity contribution in [2.24, 2.45) is 0 Å². The van der Waals surface area contributed by atoms with Gasteiger partial charge >= 0.3 is 12.1 Å². The molecule has 27 heavy (non-hydrogen) atoms. The molecule has 1 atom stereocenters. The Hall–Kier alpha value is -1.30. The fourth-order valence-electron chi connectivity index (χ4n) is 2.74. The third-order valence-corrected chi connectivity index (χ3v) is 4.44. The van der Waals surface area contributed by atoms with E-state index in [4.69, 9.17) is 14.2 Å². The molecule has 1 unspecified atom stereocenters. The van der Waals surface area contributed by atoms with E-state index in [1.165, 1.54) is 52.1 Å². The van der Waals surface area contributed by atoms with Gasteiger partial charge in [0.25, 0.3) is 0 Å². The van der Waals surface area contributed by atoms with Crippen LogP contribution in [-0.4, -0.2) is 45.0 Å². The molecule has 0 rings (SSSR count). The molecule has 6 nitrogen and oxygen atoms in total. The maximum absolute atomic E-state index is 12.2. The second-order valence-electron chi connectivity index (χ2n) is 6.96. The van der Waals surface area contributed by atoms with Crippen LogP contribution in [-0.2, 0) is 19.0 Å². The molecule has 0 fully saturated rings. The topological polar surface area (TPSA) is 73.9 Å². The first-order valence-electron chi connectivity index (χ1n) is 10.7. The number of ether oxygens (including phenoxy) is 3.